The molecule has 0 aliphatic carbocycles. The van der Waals surface area contributed by atoms with Gasteiger partial charge in [-0.15, -0.1) is 0 Å². The summed E-state index contributed by atoms with van der Waals surface area (Å²) < 4.78 is 5.42. The molecule has 0 amide bonds. The van der Waals surface area contributed by atoms with E-state index in [1.54, 1.807) is 7.11 Å². The van der Waals surface area contributed by atoms with Crippen LogP contribution in [0, 0.1) is 0 Å². The summed E-state index contributed by atoms with van der Waals surface area (Å²) in [5.74, 6) is 0.969. The second-order valence-electron chi connectivity index (χ2n) is 3.74. The van der Waals surface area contributed by atoms with Crippen LogP contribution in [0.1, 0.15) is 12.5 Å². The summed E-state index contributed by atoms with van der Waals surface area (Å²) >= 11 is 0. The molecule has 0 spiro atoms. The van der Waals surface area contributed by atoms with Gasteiger partial charge in [0.25, 0.3) is 0 Å². The summed E-state index contributed by atoms with van der Waals surface area (Å²) in [4.78, 5) is 0. The first kappa shape index (κ1) is 10.7. The van der Waals surface area contributed by atoms with E-state index in [1.165, 1.54) is 16.3 Å². The molecule has 1 nitrogen and oxygen atoms in total. The normalized spacial score (nSPS) is 11.1. The summed E-state index contributed by atoms with van der Waals surface area (Å²) in [5.41, 5.74) is 1.26. The first-order valence-corrected chi connectivity index (χ1v) is 5.52. The van der Waals surface area contributed by atoms with Crippen molar-refractivity contribution in [3.63, 3.8) is 0 Å². The van der Waals surface area contributed by atoms with E-state index in [9.17, 15) is 0 Å². The molecule has 2 rings (SSSR count). The highest BCUT2D eigenvalue weighted by molar-refractivity contribution is 5.87. The number of ether oxygens (including phenoxy) is 1. The molecule has 0 N–H and O–H groups in total. The lowest BCUT2D eigenvalue weighted by Crippen LogP contribution is -1.92. The van der Waals surface area contributed by atoms with Gasteiger partial charge in [0.1, 0.15) is 5.75 Å². The van der Waals surface area contributed by atoms with Crippen LogP contribution in [-0.2, 0) is 6.42 Å². The Balaban J connectivity index is 2.62. The average Bonchev–Trinajstić information content (AvgIpc) is 2.35. The van der Waals surface area contributed by atoms with Crippen LogP contribution in [0.4, 0.5) is 0 Å². The first-order chi connectivity index (χ1) is 7.86. The molecule has 2 aromatic carbocycles. The van der Waals surface area contributed by atoms with Crippen molar-refractivity contribution in [2.75, 3.05) is 7.11 Å². The Morgan fingerprint density at radius 2 is 1.94 bits per heavy atom. The molecule has 0 fully saturated rings. The number of hydrogen-bond acceptors (Lipinski definition) is 1. The summed E-state index contributed by atoms with van der Waals surface area (Å²) in [6.07, 6.45) is 5.15. The fourth-order valence-electron chi connectivity index (χ4n) is 1.95. The van der Waals surface area contributed by atoms with E-state index in [2.05, 4.69) is 42.5 Å². The molecule has 0 unspecified atom stereocenters. The quantitative estimate of drug-likeness (QED) is 0.699. The van der Waals surface area contributed by atoms with Crippen molar-refractivity contribution in [2.45, 2.75) is 13.3 Å². The lowest BCUT2D eigenvalue weighted by Gasteiger charge is -2.10. The van der Waals surface area contributed by atoms with Crippen LogP contribution in [0.5, 0.6) is 5.75 Å². The number of hydrogen-bond donors (Lipinski definition) is 0. The third-order valence-corrected chi connectivity index (χ3v) is 2.78. The van der Waals surface area contributed by atoms with E-state index < -0.39 is 0 Å². The highest BCUT2D eigenvalue weighted by Crippen LogP contribution is 2.28. The van der Waals surface area contributed by atoms with Crippen LogP contribution in [0.25, 0.3) is 10.8 Å². The smallest absolute Gasteiger partial charge is 0.123 e. The molecular weight excluding hydrogens is 196 g/mol. The Bertz CT molecular complexity index is 512. The van der Waals surface area contributed by atoms with Gasteiger partial charge < -0.3 is 4.74 Å². The predicted molar refractivity (Wildman–Crippen MR) is 69.0 cm³/mol. The topological polar surface area (TPSA) is 9.23 Å². The summed E-state index contributed by atoms with van der Waals surface area (Å²) in [6.45, 7) is 2.04. The van der Waals surface area contributed by atoms with Gasteiger partial charge in [0.15, 0.2) is 0 Å². The maximum absolute atomic E-state index is 5.42. The Kier molecular flexibility index (Phi) is 3.25. The van der Waals surface area contributed by atoms with E-state index in [0.29, 0.717) is 0 Å². The lowest BCUT2D eigenvalue weighted by atomic mass is 10.0. The summed E-state index contributed by atoms with van der Waals surface area (Å²) in [7, 11) is 1.73. The molecule has 0 bridgehead atoms. The van der Waals surface area contributed by atoms with Gasteiger partial charge in [0.2, 0.25) is 0 Å². The Hall–Kier alpha value is -1.76. The first-order valence-electron chi connectivity index (χ1n) is 5.52. The molecule has 0 saturated carbocycles. The standard InChI is InChI=1S/C15H16O/c1-3-4-8-14-13-9-6-5-7-12(13)10-11-15(14)16-2/h3-7,9-11H,8H2,1-2H3. The lowest BCUT2D eigenvalue weighted by molar-refractivity contribution is 0.411. The van der Waals surface area contributed by atoms with Crippen molar-refractivity contribution < 1.29 is 4.74 Å². The Morgan fingerprint density at radius 3 is 2.69 bits per heavy atom. The van der Waals surface area contributed by atoms with E-state index in [1.807, 2.05) is 13.0 Å². The molecule has 0 aliphatic heterocycles. The van der Waals surface area contributed by atoms with Gasteiger partial charge >= 0.3 is 0 Å². The minimum Gasteiger partial charge on any atom is -0.496 e. The van der Waals surface area contributed by atoms with Crippen molar-refractivity contribution in [3.8, 4) is 5.75 Å². The van der Waals surface area contributed by atoms with Gasteiger partial charge in [-0.25, -0.2) is 0 Å². The molecule has 0 aliphatic rings. The third kappa shape index (κ3) is 1.94. The largest absolute Gasteiger partial charge is 0.496 e. The van der Waals surface area contributed by atoms with Crippen molar-refractivity contribution >= 4 is 10.8 Å². The fourth-order valence-corrected chi connectivity index (χ4v) is 1.95. The molecule has 0 heterocycles. The van der Waals surface area contributed by atoms with Gasteiger partial charge in [-0.1, -0.05) is 42.5 Å². The number of benzene rings is 2. The van der Waals surface area contributed by atoms with E-state index in [4.69, 9.17) is 4.74 Å². The SMILES string of the molecule is CC=CCc1c(OC)ccc2ccccc12. The highest BCUT2D eigenvalue weighted by atomic mass is 16.5. The van der Waals surface area contributed by atoms with Gasteiger partial charge in [0, 0.05) is 5.56 Å². The van der Waals surface area contributed by atoms with Crippen LogP contribution >= 0.6 is 0 Å². The second-order valence-corrected chi connectivity index (χ2v) is 3.74. The minimum absolute atomic E-state index is 0.918. The zero-order valence-electron chi connectivity index (χ0n) is 9.73. The van der Waals surface area contributed by atoms with Crippen molar-refractivity contribution in [1.29, 1.82) is 0 Å². The summed E-state index contributed by atoms with van der Waals surface area (Å²) in [5, 5.41) is 2.54. The molecule has 0 aromatic heterocycles. The monoisotopic (exact) mass is 212 g/mol. The maximum atomic E-state index is 5.42. The Labute approximate surface area is 96.4 Å². The van der Waals surface area contributed by atoms with E-state index in [0.717, 1.165) is 12.2 Å². The van der Waals surface area contributed by atoms with Crippen LogP contribution in [-0.4, -0.2) is 7.11 Å². The molecular formula is C15H16O. The highest BCUT2D eigenvalue weighted by Gasteiger charge is 2.05. The van der Waals surface area contributed by atoms with Gasteiger partial charge in [0.05, 0.1) is 7.11 Å². The maximum Gasteiger partial charge on any atom is 0.123 e. The molecule has 16 heavy (non-hydrogen) atoms. The number of rotatable bonds is 3. The van der Waals surface area contributed by atoms with Gasteiger partial charge in [-0.2, -0.15) is 0 Å². The second kappa shape index (κ2) is 4.84. The zero-order valence-corrected chi connectivity index (χ0v) is 9.73. The van der Waals surface area contributed by atoms with Crippen LogP contribution in [0.2, 0.25) is 0 Å². The van der Waals surface area contributed by atoms with Crippen molar-refractivity contribution in [1.82, 2.24) is 0 Å². The minimum atomic E-state index is 0.918. The number of allylic oxidation sites excluding steroid dienone is 2. The molecule has 2 aromatic rings. The van der Waals surface area contributed by atoms with Crippen LogP contribution in [0.3, 0.4) is 0 Å². The molecule has 82 valence electrons. The fraction of sp³-hybridized carbons (Fsp3) is 0.200. The van der Waals surface area contributed by atoms with Crippen LogP contribution < -0.4 is 4.74 Å². The van der Waals surface area contributed by atoms with Crippen LogP contribution in [0.15, 0.2) is 48.6 Å². The predicted octanol–water partition coefficient (Wildman–Crippen LogP) is 3.97. The van der Waals surface area contributed by atoms with Gasteiger partial charge in [-0.05, 0) is 30.2 Å². The van der Waals surface area contributed by atoms with Crippen molar-refractivity contribution in [3.05, 3.63) is 54.1 Å². The molecule has 0 saturated heterocycles. The zero-order chi connectivity index (χ0) is 11.4. The Morgan fingerprint density at radius 1 is 1.12 bits per heavy atom. The number of fused-ring (bicyclic) bond motifs is 1. The molecule has 0 radical (unpaired) electrons. The third-order valence-electron chi connectivity index (χ3n) is 2.78. The molecule has 1 heteroatoms. The average molecular weight is 212 g/mol. The van der Waals surface area contributed by atoms with E-state index >= 15 is 0 Å². The molecule has 0 atom stereocenters. The summed E-state index contributed by atoms with van der Waals surface area (Å²) in [6, 6.07) is 12.6. The van der Waals surface area contributed by atoms with E-state index in [-0.39, 0.29) is 0 Å². The van der Waals surface area contributed by atoms with Crippen molar-refractivity contribution in [2.24, 2.45) is 0 Å². The number of methoxy groups -OCH3 is 1. The van der Waals surface area contributed by atoms with Gasteiger partial charge in [-0.3, -0.25) is 0 Å².